The van der Waals surface area contributed by atoms with Gasteiger partial charge in [-0.05, 0) is 68.1 Å². The summed E-state index contributed by atoms with van der Waals surface area (Å²) in [4.78, 5) is 0. The molecule has 1 unspecified atom stereocenters. The van der Waals surface area contributed by atoms with E-state index >= 15 is 0 Å². The van der Waals surface area contributed by atoms with Gasteiger partial charge in [0.1, 0.15) is 0 Å². The second kappa shape index (κ2) is 6.64. The Balaban J connectivity index is 2.58. The zero-order valence-electron chi connectivity index (χ0n) is 13.5. The third-order valence-corrected chi connectivity index (χ3v) is 4.42. The van der Waals surface area contributed by atoms with Gasteiger partial charge >= 0.3 is 0 Å². The van der Waals surface area contributed by atoms with Crippen LogP contribution < -0.4 is 5.32 Å². The van der Waals surface area contributed by atoms with E-state index in [0.717, 1.165) is 17.1 Å². The lowest BCUT2D eigenvalue weighted by Gasteiger charge is -2.24. The van der Waals surface area contributed by atoms with E-state index in [-0.39, 0.29) is 6.04 Å². The number of aryl methyl sites for hydroxylation is 4. The van der Waals surface area contributed by atoms with Crippen molar-refractivity contribution < 1.29 is 0 Å². The Bertz CT molecular complexity index is 646. The van der Waals surface area contributed by atoms with Crippen LogP contribution in [0.3, 0.4) is 0 Å². The van der Waals surface area contributed by atoms with Gasteiger partial charge < -0.3 is 5.32 Å². The average Bonchev–Trinajstić information content (AvgIpc) is 2.43. The molecule has 0 saturated heterocycles. The minimum Gasteiger partial charge on any atom is -0.307 e. The first-order chi connectivity index (χ1) is 9.93. The molecule has 1 N–H and O–H groups in total. The van der Waals surface area contributed by atoms with Gasteiger partial charge in [0.15, 0.2) is 0 Å². The summed E-state index contributed by atoms with van der Waals surface area (Å²) in [6, 6.07) is 11.2. The van der Waals surface area contributed by atoms with Crippen LogP contribution in [0, 0.1) is 27.7 Å². The molecular formula is C19H24ClN. The van der Waals surface area contributed by atoms with Gasteiger partial charge in [0.2, 0.25) is 0 Å². The van der Waals surface area contributed by atoms with Crippen molar-refractivity contribution >= 4 is 11.6 Å². The lowest BCUT2D eigenvalue weighted by atomic mass is 9.90. The Morgan fingerprint density at radius 3 is 2.24 bits per heavy atom. The van der Waals surface area contributed by atoms with Crippen LogP contribution in [-0.4, -0.2) is 6.54 Å². The molecule has 112 valence electrons. The Kier molecular flexibility index (Phi) is 5.08. The molecule has 0 amide bonds. The van der Waals surface area contributed by atoms with E-state index in [1.54, 1.807) is 0 Å². The van der Waals surface area contributed by atoms with E-state index in [1.807, 2.05) is 0 Å². The number of benzene rings is 2. The first kappa shape index (κ1) is 16.1. The number of hydrogen-bond acceptors (Lipinski definition) is 1. The van der Waals surface area contributed by atoms with Crippen molar-refractivity contribution in [3.63, 3.8) is 0 Å². The molecule has 1 atom stereocenters. The van der Waals surface area contributed by atoms with Gasteiger partial charge in [-0.25, -0.2) is 0 Å². The average molecular weight is 302 g/mol. The van der Waals surface area contributed by atoms with Crippen LogP contribution in [0.4, 0.5) is 0 Å². The lowest BCUT2D eigenvalue weighted by Crippen LogP contribution is -2.23. The molecule has 0 heterocycles. The quantitative estimate of drug-likeness (QED) is 0.811. The summed E-state index contributed by atoms with van der Waals surface area (Å²) in [5.74, 6) is 0. The van der Waals surface area contributed by atoms with Crippen molar-refractivity contribution in [2.24, 2.45) is 0 Å². The molecule has 2 rings (SSSR count). The molecule has 0 aliphatic rings. The molecule has 0 aromatic heterocycles. The fraction of sp³-hybridized carbons (Fsp3) is 0.368. The molecule has 0 fully saturated rings. The maximum atomic E-state index is 6.25. The third-order valence-electron chi connectivity index (χ3n) is 4.01. The smallest absolute Gasteiger partial charge is 0.0582 e. The van der Waals surface area contributed by atoms with Crippen LogP contribution in [0.5, 0.6) is 0 Å². The maximum Gasteiger partial charge on any atom is 0.0582 e. The van der Waals surface area contributed by atoms with E-state index in [4.69, 9.17) is 11.6 Å². The van der Waals surface area contributed by atoms with Crippen LogP contribution in [0.2, 0.25) is 5.02 Å². The second-order valence-electron chi connectivity index (χ2n) is 5.81. The molecule has 2 aromatic rings. The largest absolute Gasteiger partial charge is 0.307 e. The summed E-state index contributed by atoms with van der Waals surface area (Å²) < 4.78 is 0. The van der Waals surface area contributed by atoms with Crippen LogP contribution in [0.1, 0.15) is 46.3 Å². The molecule has 0 radical (unpaired) electrons. The number of halogens is 1. The molecule has 0 saturated carbocycles. The van der Waals surface area contributed by atoms with Crippen LogP contribution >= 0.6 is 11.6 Å². The van der Waals surface area contributed by atoms with E-state index < -0.39 is 0 Å². The summed E-state index contributed by atoms with van der Waals surface area (Å²) in [6.07, 6.45) is 0. The van der Waals surface area contributed by atoms with E-state index in [0.29, 0.717) is 0 Å². The van der Waals surface area contributed by atoms with Crippen molar-refractivity contribution in [2.75, 3.05) is 6.54 Å². The van der Waals surface area contributed by atoms with Crippen molar-refractivity contribution in [3.05, 3.63) is 68.7 Å². The second-order valence-corrected chi connectivity index (χ2v) is 6.22. The summed E-state index contributed by atoms with van der Waals surface area (Å²) in [6.45, 7) is 11.6. The first-order valence-corrected chi connectivity index (χ1v) is 7.89. The van der Waals surface area contributed by atoms with Crippen LogP contribution in [0.15, 0.2) is 30.3 Å². The van der Waals surface area contributed by atoms with Crippen molar-refractivity contribution in [3.8, 4) is 0 Å². The molecule has 0 spiro atoms. The minimum absolute atomic E-state index is 0.214. The third kappa shape index (κ3) is 3.48. The zero-order chi connectivity index (χ0) is 15.6. The topological polar surface area (TPSA) is 12.0 Å². The fourth-order valence-electron chi connectivity index (χ4n) is 2.78. The highest BCUT2D eigenvalue weighted by molar-refractivity contribution is 6.31. The minimum atomic E-state index is 0.214. The highest BCUT2D eigenvalue weighted by atomic mass is 35.5. The van der Waals surface area contributed by atoms with Gasteiger partial charge in [0.05, 0.1) is 6.04 Å². The SMILES string of the molecule is CCNC(c1cc(C)ccc1C)c1cc(C)c(Cl)cc1C. The van der Waals surface area contributed by atoms with Gasteiger partial charge in [-0.15, -0.1) is 0 Å². The Labute approximate surface area is 133 Å². The van der Waals surface area contributed by atoms with E-state index in [9.17, 15) is 0 Å². The van der Waals surface area contributed by atoms with Gasteiger partial charge in [-0.2, -0.15) is 0 Å². The fourth-order valence-corrected chi connectivity index (χ4v) is 2.99. The summed E-state index contributed by atoms with van der Waals surface area (Å²) in [5.41, 5.74) is 7.64. The molecule has 0 aliphatic carbocycles. The molecule has 2 heteroatoms. The summed E-state index contributed by atoms with van der Waals surface area (Å²) in [7, 11) is 0. The summed E-state index contributed by atoms with van der Waals surface area (Å²) >= 11 is 6.25. The normalized spacial score (nSPS) is 12.5. The van der Waals surface area contributed by atoms with Crippen LogP contribution in [-0.2, 0) is 0 Å². The Morgan fingerprint density at radius 2 is 1.57 bits per heavy atom. The zero-order valence-corrected chi connectivity index (χ0v) is 14.3. The van der Waals surface area contributed by atoms with Crippen molar-refractivity contribution in [1.82, 2.24) is 5.32 Å². The van der Waals surface area contributed by atoms with E-state index in [1.165, 1.54) is 27.8 Å². The maximum absolute atomic E-state index is 6.25. The van der Waals surface area contributed by atoms with Gasteiger partial charge in [0, 0.05) is 5.02 Å². The molecule has 1 nitrogen and oxygen atoms in total. The molecule has 2 aromatic carbocycles. The Hall–Kier alpha value is -1.31. The number of nitrogens with one attached hydrogen (secondary N) is 1. The van der Waals surface area contributed by atoms with Gasteiger partial charge in [-0.3, -0.25) is 0 Å². The Morgan fingerprint density at radius 1 is 0.905 bits per heavy atom. The summed E-state index contributed by atoms with van der Waals surface area (Å²) in [5, 5.41) is 4.47. The standard InChI is InChI=1S/C19H24ClN/c1-6-21-19(16-9-12(2)7-8-13(16)3)17-10-15(5)18(20)11-14(17)4/h7-11,19,21H,6H2,1-5H3. The predicted molar refractivity (Wildman–Crippen MR) is 92.4 cm³/mol. The monoisotopic (exact) mass is 301 g/mol. The van der Waals surface area contributed by atoms with Gasteiger partial charge in [0.25, 0.3) is 0 Å². The first-order valence-electron chi connectivity index (χ1n) is 7.51. The number of hydrogen-bond donors (Lipinski definition) is 1. The highest BCUT2D eigenvalue weighted by Gasteiger charge is 2.18. The molecule has 0 aliphatic heterocycles. The molecule has 21 heavy (non-hydrogen) atoms. The van der Waals surface area contributed by atoms with Crippen molar-refractivity contribution in [2.45, 2.75) is 40.7 Å². The molecular weight excluding hydrogens is 278 g/mol. The highest BCUT2D eigenvalue weighted by Crippen LogP contribution is 2.31. The van der Waals surface area contributed by atoms with E-state index in [2.05, 4.69) is 70.3 Å². The molecule has 0 bridgehead atoms. The van der Waals surface area contributed by atoms with Crippen LogP contribution in [0.25, 0.3) is 0 Å². The van der Waals surface area contributed by atoms with Crippen molar-refractivity contribution in [1.29, 1.82) is 0 Å². The van der Waals surface area contributed by atoms with Gasteiger partial charge in [-0.1, -0.05) is 48.4 Å². The number of rotatable bonds is 4. The lowest BCUT2D eigenvalue weighted by molar-refractivity contribution is 0.624. The predicted octanol–water partition coefficient (Wildman–Crippen LogP) is 5.27.